The number of methoxy groups -OCH3 is 1. The third-order valence-electron chi connectivity index (χ3n) is 4.13. The van der Waals surface area contributed by atoms with Gasteiger partial charge in [-0.1, -0.05) is 25.3 Å². The zero-order valence-electron chi connectivity index (χ0n) is 13.6. The SMILES string of the molecule is CCOC(=O)/C=C/CCCC(=O)C1(C(=O)OC)CCCCC1. The molecule has 0 amide bonds. The molecule has 0 atom stereocenters. The molecule has 0 N–H and O–H groups in total. The fourth-order valence-corrected chi connectivity index (χ4v) is 2.94. The highest BCUT2D eigenvalue weighted by molar-refractivity contribution is 6.03. The van der Waals surface area contributed by atoms with Crippen LogP contribution in [0, 0.1) is 5.41 Å². The van der Waals surface area contributed by atoms with Crippen LogP contribution in [-0.2, 0) is 23.9 Å². The van der Waals surface area contributed by atoms with Gasteiger partial charge in [0.25, 0.3) is 0 Å². The molecule has 1 saturated carbocycles. The highest BCUT2D eigenvalue weighted by Gasteiger charge is 2.46. The first-order chi connectivity index (χ1) is 10.6. The quantitative estimate of drug-likeness (QED) is 0.298. The van der Waals surface area contributed by atoms with Crippen molar-refractivity contribution in [1.82, 2.24) is 0 Å². The van der Waals surface area contributed by atoms with E-state index in [9.17, 15) is 14.4 Å². The number of rotatable bonds is 8. The number of Topliss-reactive ketones (excluding diaryl/α,β-unsaturated/α-hetero) is 1. The second kappa shape index (κ2) is 9.38. The van der Waals surface area contributed by atoms with Gasteiger partial charge < -0.3 is 9.47 Å². The van der Waals surface area contributed by atoms with Crippen molar-refractivity contribution in [3.05, 3.63) is 12.2 Å². The lowest BCUT2D eigenvalue weighted by Crippen LogP contribution is -2.41. The van der Waals surface area contributed by atoms with Crippen molar-refractivity contribution < 1.29 is 23.9 Å². The number of ketones is 1. The van der Waals surface area contributed by atoms with Crippen molar-refractivity contribution in [2.45, 2.75) is 58.3 Å². The molecule has 0 unspecified atom stereocenters. The van der Waals surface area contributed by atoms with Gasteiger partial charge in [0.2, 0.25) is 0 Å². The molecule has 124 valence electrons. The van der Waals surface area contributed by atoms with Crippen molar-refractivity contribution in [2.75, 3.05) is 13.7 Å². The molecule has 1 rings (SSSR count). The first-order valence-electron chi connectivity index (χ1n) is 8.02. The topological polar surface area (TPSA) is 69.7 Å². The predicted molar refractivity (Wildman–Crippen MR) is 82.2 cm³/mol. The number of carbonyl (C=O) groups excluding carboxylic acids is 3. The van der Waals surface area contributed by atoms with Crippen molar-refractivity contribution in [3.8, 4) is 0 Å². The summed E-state index contributed by atoms with van der Waals surface area (Å²) < 4.78 is 9.64. The summed E-state index contributed by atoms with van der Waals surface area (Å²) in [6, 6.07) is 0. The van der Waals surface area contributed by atoms with Gasteiger partial charge in [-0.25, -0.2) is 4.79 Å². The number of hydrogen-bond donors (Lipinski definition) is 0. The predicted octanol–water partition coefficient (Wildman–Crippen LogP) is 2.97. The van der Waals surface area contributed by atoms with Gasteiger partial charge in [-0.2, -0.15) is 0 Å². The molecule has 1 aliphatic carbocycles. The summed E-state index contributed by atoms with van der Waals surface area (Å²) >= 11 is 0. The molecule has 0 spiro atoms. The average molecular weight is 310 g/mol. The van der Waals surface area contributed by atoms with Gasteiger partial charge in [0.05, 0.1) is 13.7 Å². The van der Waals surface area contributed by atoms with E-state index in [0.717, 1.165) is 19.3 Å². The lowest BCUT2D eigenvalue weighted by Gasteiger charge is -2.33. The first-order valence-corrected chi connectivity index (χ1v) is 8.02. The molecule has 1 fully saturated rings. The minimum atomic E-state index is -0.933. The Bertz CT molecular complexity index is 419. The molecular weight excluding hydrogens is 284 g/mol. The Morgan fingerprint density at radius 3 is 2.41 bits per heavy atom. The molecule has 0 aromatic heterocycles. The molecule has 0 saturated heterocycles. The van der Waals surface area contributed by atoms with E-state index in [4.69, 9.17) is 9.47 Å². The van der Waals surface area contributed by atoms with Crippen LogP contribution in [0.3, 0.4) is 0 Å². The fraction of sp³-hybridized carbons (Fsp3) is 0.706. The lowest BCUT2D eigenvalue weighted by molar-refractivity contribution is -0.160. The van der Waals surface area contributed by atoms with E-state index in [0.29, 0.717) is 38.7 Å². The maximum absolute atomic E-state index is 12.5. The second-order valence-corrected chi connectivity index (χ2v) is 5.60. The highest BCUT2D eigenvalue weighted by Crippen LogP contribution is 2.39. The van der Waals surface area contributed by atoms with E-state index >= 15 is 0 Å². The molecule has 22 heavy (non-hydrogen) atoms. The van der Waals surface area contributed by atoms with Crippen LogP contribution in [0.2, 0.25) is 0 Å². The maximum Gasteiger partial charge on any atom is 0.330 e. The molecule has 5 heteroatoms. The van der Waals surface area contributed by atoms with Crippen LogP contribution < -0.4 is 0 Å². The molecule has 0 radical (unpaired) electrons. The number of allylic oxidation sites excluding steroid dienone is 1. The Hall–Kier alpha value is -1.65. The second-order valence-electron chi connectivity index (χ2n) is 5.60. The van der Waals surface area contributed by atoms with Gasteiger partial charge in [-0.15, -0.1) is 0 Å². The number of unbranched alkanes of at least 4 members (excludes halogenated alkanes) is 1. The van der Waals surface area contributed by atoms with E-state index in [2.05, 4.69) is 0 Å². The van der Waals surface area contributed by atoms with Crippen LogP contribution in [0.5, 0.6) is 0 Å². The third-order valence-corrected chi connectivity index (χ3v) is 4.13. The minimum absolute atomic E-state index is 0.0245. The number of hydrogen-bond acceptors (Lipinski definition) is 5. The summed E-state index contributed by atoms with van der Waals surface area (Å²) in [5.74, 6) is -0.782. The van der Waals surface area contributed by atoms with Crippen LogP contribution in [0.1, 0.15) is 58.3 Å². The van der Waals surface area contributed by atoms with Crippen LogP contribution in [-0.4, -0.2) is 31.4 Å². The Balaban J connectivity index is 2.48. The summed E-state index contributed by atoms with van der Waals surface area (Å²) in [5.41, 5.74) is -0.933. The van der Waals surface area contributed by atoms with E-state index in [1.54, 1.807) is 13.0 Å². The van der Waals surface area contributed by atoms with Gasteiger partial charge >= 0.3 is 11.9 Å². The largest absolute Gasteiger partial charge is 0.468 e. The van der Waals surface area contributed by atoms with Gasteiger partial charge in [0, 0.05) is 12.5 Å². The summed E-state index contributed by atoms with van der Waals surface area (Å²) in [5, 5.41) is 0. The summed E-state index contributed by atoms with van der Waals surface area (Å²) in [7, 11) is 1.34. The van der Waals surface area contributed by atoms with Crippen LogP contribution >= 0.6 is 0 Å². The van der Waals surface area contributed by atoms with E-state index in [1.807, 2.05) is 0 Å². The Morgan fingerprint density at radius 2 is 1.82 bits per heavy atom. The number of esters is 2. The highest BCUT2D eigenvalue weighted by atomic mass is 16.5. The molecule has 1 aliphatic rings. The number of carbonyl (C=O) groups is 3. The average Bonchev–Trinajstić information content (AvgIpc) is 2.54. The molecular formula is C17H26O5. The zero-order valence-corrected chi connectivity index (χ0v) is 13.6. The molecule has 0 aromatic carbocycles. The van der Waals surface area contributed by atoms with E-state index in [1.165, 1.54) is 13.2 Å². The van der Waals surface area contributed by atoms with Crippen molar-refractivity contribution in [2.24, 2.45) is 5.41 Å². The number of ether oxygens (including phenoxy) is 2. The molecule has 5 nitrogen and oxygen atoms in total. The third kappa shape index (κ3) is 4.97. The summed E-state index contributed by atoms with van der Waals surface area (Å²) in [4.78, 5) is 35.7. The Labute approximate surface area is 132 Å². The van der Waals surface area contributed by atoms with Gasteiger partial charge in [0.1, 0.15) is 11.2 Å². The van der Waals surface area contributed by atoms with E-state index in [-0.39, 0.29) is 17.7 Å². The van der Waals surface area contributed by atoms with Crippen molar-refractivity contribution in [3.63, 3.8) is 0 Å². The summed E-state index contributed by atoms with van der Waals surface area (Å²) in [6.45, 7) is 2.10. The van der Waals surface area contributed by atoms with Crippen molar-refractivity contribution >= 4 is 17.7 Å². The van der Waals surface area contributed by atoms with Gasteiger partial charge in [-0.3, -0.25) is 9.59 Å². The Kier molecular flexibility index (Phi) is 7.85. The zero-order chi connectivity index (χ0) is 16.4. The normalized spacial score (nSPS) is 17.2. The standard InChI is InChI=1S/C17H26O5/c1-3-22-15(19)11-7-4-6-10-14(18)17(16(20)21-2)12-8-5-9-13-17/h7,11H,3-6,8-10,12-13H2,1-2H3/b11-7+. The smallest absolute Gasteiger partial charge is 0.330 e. The van der Waals surface area contributed by atoms with Crippen LogP contribution in [0.25, 0.3) is 0 Å². The molecule has 0 aliphatic heterocycles. The van der Waals surface area contributed by atoms with E-state index < -0.39 is 5.41 Å². The maximum atomic E-state index is 12.5. The van der Waals surface area contributed by atoms with Gasteiger partial charge in [0.15, 0.2) is 0 Å². The molecule has 0 heterocycles. The molecule has 0 aromatic rings. The Morgan fingerprint density at radius 1 is 1.14 bits per heavy atom. The lowest BCUT2D eigenvalue weighted by atomic mass is 9.70. The summed E-state index contributed by atoms with van der Waals surface area (Å²) in [6.07, 6.45) is 8.69. The van der Waals surface area contributed by atoms with Crippen LogP contribution in [0.15, 0.2) is 12.2 Å². The monoisotopic (exact) mass is 310 g/mol. The fourth-order valence-electron chi connectivity index (χ4n) is 2.94. The first kappa shape index (κ1) is 18.4. The molecule has 0 bridgehead atoms. The van der Waals surface area contributed by atoms with Crippen molar-refractivity contribution in [1.29, 1.82) is 0 Å². The van der Waals surface area contributed by atoms with Gasteiger partial charge in [-0.05, 0) is 32.6 Å². The van der Waals surface area contributed by atoms with Crippen LogP contribution in [0.4, 0.5) is 0 Å². The minimum Gasteiger partial charge on any atom is -0.468 e.